The van der Waals surface area contributed by atoms with Crippen molar-refractivity contribution >= 4 is 6.29 Å². The Kier molecular flexibility index (Phi) is 4.98. The number of aldehydes is 1. The predicted molar refractivity (Wildman–Crippen MR) is 82.5 cm³/mol. The van der Waals surface area contributed by atoms with E-state index in [4.69, 9.17) is 9.26 Å². The third-order valence-electron chi connectivity index (χ3n) is 3.20. The molecule has 8 heteroatoms. The second-order valence-electron chi connectivity index (χ2n) is 4.86. The summed E-state index contributed by atoms with van der Waals surface area (Å²) in [6.45, 7) is -2.89. The van der Waals surface area contributed by atoms with Gasteiger partial charge in [-0.15, -0.1) is 0 Å². The van der Waals surface area contributed by atoms with Crippen molar-refractivity contribution in [2.24, 2.45) is 0 Å². The first-order chi connectivity index (χ1) is 12.2. The van der Waals surface area contributed by atoms with Gasteiger partial charge in [0.15, 0.2) is 12.9 Å². The molecule has 0 fully saturated rings. The maximum absolute atomic E-state index is 12.1. The number of benzene rings is 2. The molecule has 0 amide bonds. The third-order valence-corrected chi connectivity index (χ3v) is 3.20. The number of ether oxygens (including phenoxy) is 2. The Hall–Kier alpha value is -3.29. The van der Waals surface area contributed by atoms with Crippen molar-refractivity contribution in [1.82, 2.24) is 10.1 Å². The molecule has 0 N–H and O–H groups in total. The summed E-state index contributed by atoms with van der Waals surface area (Å²) < 4.78 is 39.1. The number of rotatable bonds is 7. The van der Waals surface area contributed by atoms with Crippen LogP contribution < -0.4 is 9.47 Å². The molecular weight excluding hydrogens is 334 g/mol. The number of halogens is 2. The summed E-state index contributed by atoms with van der Waals surface area (Å²) in [5.74, 6) is 0.941. The van der Waals surface area contributed by atoms with Gasteiger partial charge in [0.2, 0.25) is 5.82 Å². The molecule has 0 aliphatic heterocycles. The fourth-order valence-corrected chi connectivity index (χ4v) is 2.07. The lowest BCUT2D eigenvalue weighted by Crippen LogP contribution is -2.01. The predicted octanol–water partition coefficient (Wildman–Crippen LogP) is 3.73. The monoisotopic (exact) mass is 346 g/mol. The summed E-state index contributed by atoms with van der Waals surface area (Å²) in [5.41, 5.74) is 0.988. The second-order valence-corrected chi connectivity index (χ2v) is 4.86. The van der Waals surface area contributed by atoms with Gasteiger partial charge in [0.1, 0.15) is 11.5 Å². The molecule has 0 saturated carbocycles. The van der Waals surface area contributed by atoms with Gasteiger partial charge >= 0.3 is 6.61 Å². The standard InChI is InChI=1S/C17H12F2N2O4/c18-17(19)24-13-7-5-11(6-8-13)16-20-15(25-21-16)10-23-14-4-2-1-3-12(14)9-22/h1-9,17H,10H2. The lowest BCUT2D eigenvalue weighted by molar-refractivity contribution is -0.0498. The fourth-order valence-electron chi connectivity index (χ4n) is 2.07. The average molecular weight is 346 g/mol. The highest BCUT2D eigenvalue weighted by atomic mass is 19.3. The highest BCUT2D eigenvalue weighted by molar-refractivity contribution is 5.79. The number of alkyl halides is 2. The van der Waals surface area contributed by atoms with E-state index in [1.807, 2.05) is 0 Å². The van der Waals surface area contributed by atoms with Crippen molar-refractivity contribution < 1.29 is 27.6 Å². The highest BCUT2D eigenvalue weighted by Gasteiger charge is 2.11. The van der Waals surface area contributed by atoms with E-state index in [1.54, 1.807) is 24.3 Å². The molecule has 6 nitrogen and oxygen atoms in total. The first-order valence-corrected chi connectivity index (χ1v) is 7.20. The Labute approximate surface area is 141 Å². The number of hydrogen-bond acceptors (Lipinski definition) is 6. The van der Waals surface area contributed by atoms with E-state index in [2.05, 4.69) is 14.9 Å². The SMILES string of the molecule is O=Cc1ccccc1OCc1nc(-c2ccc(OC(F)F)cc2)no1. The Morgan fingerprint density at radius 1 is 1.12 bits per heavy atom. The molecule has 0 unspecified atom stereocenters. The first kappa shape index (κ1) is 16.6. The van der Waals surface area contributed by atoms with E-state index in [9.17, 15) is 13.6 Å². The summed E-state index contributed by atoms with van der Waals surface area (Å²) in [7, 11) is 0. The van der Waals surface area contributed by atoms with Gasteiger partial charge in [-0.1, -0.05) is 17.3 Å². The minimum atomic E-state index is -2.88. The quantitative estimate of drug-likeness (QED) is 0.607. The van der Waals surface area contributed by atoms with E-state index in [1.165, 1.54) is 24.3 Å². The van der Waals surface area contributed by atoms with Crippen LogP contribution in [0.5, 0.6) is 11.5 Å². The Bertz CT molecular complexity index is 850. The maximum atomic E-state index is 12.1. The molecular formula is C17H12F2N2O4. The van der Waals surface area contributed by atoms with E-state index in [0.717, 1.165) is 0 Å². The van der Waals surface area contributed by atoms with Crippen LogP contribution in [0, 0.1) is 0 Å². The third kappa shape index (κ3) is 4.17. The van der Waals surface area contributed by atoms with Crippen LogP contribution in [0.1, 0.15) is 16.2 Å². The van der Waals surface area contributed by atoms with Gasteiger partial charge in [-0.25, -0.2) is 0 Å². The second kappa shape index (κ2) is 7.52. The number of carbonyl (C=O) groups excluding carboxylic acids is 1. The smallest absolute Gasteiger partial charge is 0.387 e. The zero-order chi connectivity index (χ0) is 17.6. The largest absolute Gasteiger partial charge is 0.483 e. The van der Waals surface area contributed by atoms with Crippen LogP contribution in [0.15, 0.2) is 53.1 Å². The average Bonchev–Trinajstić information content (AvgIpc) is 3.09. The van der Waals surface area contributed by atoms with Gasteiger partial charge in [-0.3, -0.25) is 4.79 Å². The number of aromatic nitrogens is 2. The molecule has 0 aliphatic carbocycles. The zero-order valence-corrected chi connectivity index (χ0v) is 12.8. The molecule has 1 aromatic heterocycles. The zero-order valence-electron chi connectivity index (χ0n) is 12.8. The van der Waals surface area contributed by atoms with Crippen LogP contribution in [-0.2, 0) is 6.61 Å². The normalized spacial score (nSPS) is 10.7. The molecule has 0 aliphatic rings. The van der Waals surface area contributed by atoms with Crippen LogP contribution in [0.25, 0.3) is 11.4 Å². The number of nitrogens with zero attached hydrogens (tertiary/aromatic N) is 2. The Morgan fingerprint density at radius 2 is 1.88 bits per heavy atom. The van der Waals surface area contributed by atoms with Crippen molar-refractivity contribution in [3.05, 3.63) is 60.0 Å². The molecule has 0 bridgehead atoms. The molecule has 3 aromatic rings. The summed E-state index contributed by atoms with van der Waals surface area (Å²) in [4.78, 5) is 15.1. The highest BCUT2D eigenvalue weighted by Crippen LogP contribution is 2.22. The van der Waals surface area contributed by atoms with Crippen molar-refractivity contribution in [1.29, 1.82) is 0 Å². The summed E-state index contributed by atoms with van der Waals surface area (Å²) >= 11 is 0. The topological polar surface area (TPSA) is 74.5 Å². The van der Waals surface area contributed by atoms with E-state index in [0.29, 0.717) is 23.2 Å². The van der Waals surface area contributed by atoms with Crippen LogP contribution >= 0.6 is 0 Å². The molecule has 0 radical (unpaired) electrons. The van der Waals surface area contributed by atoms with Gasteiger partial charge < -0.3 is 14.0 Å². The van der Waals surface area contributed by atoms with Crippen LogP contribution in [0.4, 0.5) is 8.78 Å². The van der Waals surface area contributed by atoms with Gasteiger partial charge in [-0.2, -0.15) is 13.8 Å². The number of hydrogen-bond donors (Lipinski definition) is 0. The van der Waals surface area contributed by atoms with Crippen LogP contribution in [0.3, 0.4) is 0 Å². The molecule has 128 valence electrons. The minimum Gasteiger partial charge on any atom is -0.483 e. The van der Waals surface area contributed by atoms with Crippen molar-refractivity contribution in [2.45, 2.75) is 13.2 Å². The van der Waals surface area contributed by atoms with Crippen LogP contribution in [0.2, 0.25) is 0 Å². The van der Waals surface area contributed by atoms with E-state index < -0.39 is 6.61 Å². The number of para-hydroxylation sites is 1. The summed E-state index contributed by atoms with van der Waals surface area (Å²) in [6.07, 6.45) is 0.692. The molecule has 3 rings (SSSR count). The van der Waals surface area contributed by atoms with E-state index in [-0.39, 0.29) is 24.1 Å². The Morgan fingerprint density at radius 3 is 2.60 bits per heavy atom. The van der Waals surface area contributed by atoms with Gasteiger partial charge in [0.25, 0.3) is 5.89 Å². The molecule has 25 heavy (non-hydrogen) atoms. The molecule has 0 atom stereocenters. The lowest BCUT2D eigenvalue weighted by Gasteiger charge is -2.04. The Balaban J connectivity index is 1.67. The maximum Gasteiger partial charge on any atom is 0.387 e. The van der Waals surface area contributed by atoms with E-state index >= 15 is 0 Å². The molecule has 0 spiro atoms. The lowest BCUT2D eigenvalue weighted by atomic mass is 10.2. The molecule has 0 saturated heterocycles. The van der Waals surface area contributed by atoms with Gasteiger partial charge in [0.05, 0.1) is 5.56 Å². The van der Waals surface area contributed by atoms with Crippen molar-refractivity contribution in [3.8, 4) is 22.9 Å². The number of carbonyl (C=O) groups is 1. The first-order valence-electron chi connectivity index (χ1n) is 7.20. The van der Waals surface area contributed by atoms with Gasteiger partial charge in [-0.05, 0) is 36.4 Å². The molecule has 2 aromatic carbocycles. The van der Waals surface area contributed by atoms with Crippen LogP contribution in [-0.4, -0.2) is 23.0 Å². The summed E-state index contributed by atoms with van der Waals surface area (Å²) in [5, 5.41) is 3.81. The fraction of sp³-hybridized carbons (Fsp3) is 0.118. The summed E-state index contributed by atoms with van der Waals surface area (Å²) in [6, 6.07) is 12.6. The van der Waals surface area contributed by atoms with Crippen molar-refractivity contribution in [2.75, 3.05) is 0 Å². The minimum absolute atomic E-state index is 0.00949. The van der Waals surface area contributed by atoms with Crippen molar-refractivity contribution in [3.63, 3.8) is 0 Å². The molecule has 1 heterocycles. The van der Waals surface area contributed by atoms with Gasteiger partial charge in [0, 0.05) is 5.56 Å².